The van der Waals surface area contributed by atoms with Gasteiger partial charge in [-0.1, -0.05) is 48.0 Å². The third-order valence-corrected chi connectivity index (χ3v) is 5.41. The van der Waals surface area contributed by atoms with Crippen LogP contribution < -0.4 is 5.32 Å². The van der Waals surface area contributed by atoms with Crippen molar-refractivity contribution in [2.24, 2.45) is 0 Å². The molecule has 1 aliphatic carbocycles. The second-order valence-electron chi connectivity index (χ2n) is 7.27. The van der Waals surface area contributed by atoms with Crippen molar-refractivity contribution in [1.29, 1.82) is 0 Å². The van der Waals surface area contributed by atoms with Crippen LogP contribution in [0.4, 0.5) is 4.79 Å². The Labute approximate surface area is 147 Å². The number of rotatable bonds is 3. The number of hydrogen-bond donors (Lipinski definition) is 1. The van der Waals surface area contributed by atoms with Gasteiger partial charge in [-0.15, -0.1) is 0 Å². The zero-order valence-electron chi connectivity index (χ0n) is 14.6. The topological polar surface area (TPSA) is 49.4 Å². The fourth-order valence-corrected chi connectivity index (χ4v) is 3.80. The number of urea groups is 1. The number of fused-ring (bicyclic) bond motifs is 1. The third-order valence-electron chi connectivity index (χ3n) is 5.41. The van der Waals surface area contributed by atoms with E-state index in [0.29, 0.717) is 6.54 Å². The molecule has 1 atom stereocenters. The second-order valence-corrected chi connectivity index (χ2v) is 7.27. The number of amides is 3. The van der Waals surface area contributed by atoms with E-state index in [1.54, 1.807) is 6.92 Å². The molecule has 1 fully saturated rings. The van der Waals surface area contributed by atoms with Gasteiger partial charge in [0.2, 0.25) is 0 Å². The molecular formula is C21H22N2O2. The predicted octanol–water partition coefficient (Wildman–Crippen LogP) is 3.45. The van der Waals surface area contributed by atoms with Gasteiger partial charge in [0.1, 0.15) is 5.54 Å². The van der Waals surface area contributed by atoms with Crippen LogP contribution in [-0.4, -0.2) is 16.8 Å². The van der Waals surface area contributed by atoms with Crippen LogP contribution in [0.1, 0.15) is 41.2 Å². The number of carbonyl (C=O) groups excluding carboxylic acids is 2. The van der Waals surface area contributed by atoms with Crippen molar-refractivity contribution >= 4 is 11.9 Å². The second kappa shape index (κ2) is 5.73. The average molecular weight is 334 g/mol. The normalized spacial score (nSPS) is 22.2. The minimum atomic E-state index is -0.987. The predicted molar refractivity (Wildman–Crippen MR) is 96.1 cm³/mol. The van der Waals surface area contributed by atoms with Crippen LogP contribution in [0.5, 0.6) is 0 Å². The van der Waals surface area contributed by atoms with Crippen LogP contribution in [0.15, 0.2) is 42.5 Å². The highest BCUT2D eigenvalue weighted by Crippen LogP contribution is 2.33. The number of aryl methyl sites for hydroxylation is 3. The summed E-state index contributed by atoms with van der Waals surface area (Å²) in [6.07, 6.45) is 3.32. The van der Waals surface area contributed by atoms with Crippen LogP contribution in [0.25, 0.3) is 0 Å². The smallest absolute Gasteiger partial charge is 0.319 e. The van der Waals surface area contributed by atoms with Crippen LogP contribution in [0, 0.1) is 6.92 Å². The quantitative estimate of drug-likeness (QED) is 0.874. The van der Waals surface area contributed by atoms with E-state index in [2.05, 4.69) is 17.4 Å². The van der Waals surface area contributed by atoms with E-state index in [1.807, 2.05) is 37.3 Å². The Morgan fingerprint density at radius 2 is 1.76 bits per heavy atom. The van der Waals surface area contributed by atoms with Gasteiger partial charge in [-0.3, -0.25) is 9.69 Å². The molecule has 1 N–H and O–H groups in total. The molecule has 0 bridgehead atoms. The lowest BCUT2D eigenvalue weighted by Crippen LogP contribution is -2.40. The lowest BCUT2D eigenvalue weighted by Gasteiger charge is -2.23. The van der Waals surface area contributed by atoms with E-state index in [1.165, 1.54) is 16.0 Å². The standard InChI is InChI=1S/C21H22N2O2/c1-14-6-8-15(9-7-14)13-23-19(24)21(2,22-20(23)25)18-11-10-16-4-3-5-17(16)12-18/h6-12H,3-5,13H2,1-2H3,(H,22,25)/t21-/m0/s1. The zero-order valence-corrected chi connectivity index (χ0v) is 14.6. The minimum Gasteiger partial charge on any atom is -0.319 e. The number of hydrogen-bond acceptors (Lipinski definition) is 2. The molecule has 1 aliphatic heterocycles. The Morgan fingerprint density at radius 3 is 2.52 bits per heavy atom. The highest BCUT2D eigenvalue weighted by Gasteiger charge is 2.49. The Balaban J connectivity index is 1.62. The number of nitrogens with zero attached hydrogens (tertiary/aromatic N) is 1. The summed E-state index contributed by atoms with van der Waals surface area (Å²) in [6.45, 7) is 4.12. The molecule has 0 radical (unpaired) electrons. The van der Waals surface area contributed by atoms with Crippen molar-refractivity contribution in [2.75, 3.05) is 0 Å². The summed E-state index contributed by atoms with van der Waals surface area (Å²) in [4.78, 5) is 26.8. The number of nitrogens with one attached hydrogen (secondary N) is 1. The van der Waals surface area contributed by atoms with E-state index in [-0.39, 0.29) is 11.9 Å². The van der Waals surface area contributed by atoms with Crippen LogP contribution >= 0.6 is 0 Å². The molecule has 4 heteroatoms. The van der Waals surface area contributed by atoms with Crippen molar-refractivity contribution in [1.82, 2.24) is 10.2 Å². The lowest BCUT2D eigenvalue weighted by atomic mass is 9.89. The zero-order chi connectivity index (χ0) is 17.6. The van der Waals surface area contributed by atoms with Crippen molar-refractivity contribution in [3.05, 3.63) is 70.3 Å². The van der Waals surface area contributed by atoms with Crippen LogP contribution in [0.2, 0.25) is 0 Å². The maximum Gasteiger partial charge on any atom is 0.325 e. The molecular weight excluding hydrogens is 312 g/mol. The summed E-state index contributed by atoms with van der Waals surface area (Å²) in [5.74, 6) is -0.184. The van der Waals surface area contributed by atoms with E-state index in [0.717, 1.165) is 36.0 Å². The van der Waals surface area contributed by atoms with E-state index in [9.17, 15) is 9.59 Å². The molecule has 0 spiro atoms. The molecule has 0 aromatic heterocycles. The molecule has 0 unspecified atom stereocenters. The number of carbonyl (C=O) groups is 2. The fourth-order valence-electron chi connectivity index (χ4n) is 3.80. The van der Waals surface area contributed by atoms with Crippen molar-refractivity contribution < 1.29 is 9.59 Å². The van der Waals surface area contributed by atoms with Gasteiger partial charge in [0.25, 0.3) is 5.91 Å². The first-order valence-electron chi connectivity index (χ1n) is 8.79. The lowest BCUT2D eigenvalue weighted by molar-refractivity contribution is -0.131. The summed E-state index contributed by atoms with van der Waals surface area (Å²) in [5.41, 5.74) is 4.66. The molecule has 25 heavy (non-hydrogen) atoms. The molecule has 2 aromatic carbocycles. The average Bonchev–Trinajstić information content (AvgIpc) is 3.15. The molecule has 1 saturated heterocycles. The molecule has 128 valence electrons. The largest absolute Gasteiger partial charge is 0.325 e. The van der Waals surface area contributed by atoms with Crippen molar-refractivity contribution in [2.45, 2.75) is 45.2 Å². The van der Waals surface area contributed by atoms with Crippen molar-refractivity contribution in [3.8, 4) is 0 Å². The van der Waals surface area contributed by atoms with Gasteiger partial charge in [0.05, 0.1) is 6.54 Å². The highest BCUT2D eigenvalue weighted by atomic mass is 16.2. The maximum absolute atomic E-state index is 13.1. The van der Waals surface area contributed by atoms with Gasteiger partial charge in [0.15, 0.2) is 0 Å². The van der Waals surface area contributed by atoms with E-state index in [4.69, 9.17) is 0 Å². The van der Waals surface area contributed by atoms with Gasteiger partial charge < -0.3 is 5.32 Å². The van der Waals surface area contributed by atoms with Gasteiger partial charge >= 0.3 is 6.03 Å². The first-order valence-corrected chi connectivity index (χ1v) is 8.79. The number of imide groups is 1. The Morgan fingerprint density at radius 1 is 1.04 bits per heavy atom. The van der Waals surface area contributed by atoms with Crippen LogP contribution in [-0.2, 0) is 29.7 Å². The summed E-state index contributed by atoms with van der Waals surface area (Å²) in [5, 5.41) is 2.91. The summed E-state index contributed by atoms with van der Waals surface area (Å²) < 4.78 is 0. The maximum atomic E-state index is 13.1. The Bertz CT molecular complexity index is 857. The van der Waals surface area contributed by atoms with Gasteiger partial charge in [-0.25, -0.2) is 4.79 Å². The van der Waals surface area contributed by atoms with E-state index < -0.39 is 5.54 Å². The minimum absolute atomic E-state index is 0.184. The fraction of sp³-hybridized carbons (Fsp3) is 0.333. The molecule has 4 nitrogen and oxygen atoms in total. The molecule has 4 rings (SSSR count). The molecule has 2 aliphatic rings. The molecule has 0 saturated carbocycles. The van der Waals surface area contributed by atoms with Crippen molar-refractivity contribution in [3.63, 3.8) is 0 Å². The first kappa shape index (κ1) is 15.9. The first-order chi connectivity index (χ1) is 12.0. The molecule has 3 amide bonds. The number of benzene rings is 2. The van der Waals surface area contributed by atoms with Gasteiger partial charge in [-0.05, 0) is 55.4 Å². The molecule has 2 aromatic rings. The highest BCUT2D eigenvalue weighted by molar-refractivity contribution is 6.07. The summed E-state index contributed by atoms with van der Waals surface area (Å²) >= 11 is 0. The van der Waals surface area contributed by atoms with E-state index >= 15 is 0 Å². The summed E-state index contributed by atoms with van der Waals surface area (Å²) in [6, 6.07) is 13.8. The summed E-state index contributed by atoms with van der Waals surface area (Å²) in [7, 11) is 0. The van der Waals surface area contributed by atoms with Gasteiger partial charge in [-0.2, -0.15) is 0 Å². The monoisotopic (exact) mass is 334 g/mol. The molecule has 1 heterocycles. The van der Waals surface area contributed by atoms with Crippen LogP contribution in [0.3, 0.4) is 0 Å². The SMILES string of the molecule is Cc1ccc(CN2C(=O)N[C@@](C)(c3ccc4c(c3)CCC4)C2=O)cc1. The third kappa shape index (κ3) is 2.62. The van der Waals surface area contributed by atoms with Gasteiger partial charge in [0, 0.05) is 0 Å². The Kier molecular flexibility index (Phi) is 3.64. The Hall–Kier alpha value is -2.62.